The summed E-state index contributed by atoms with van der Waals surface area (Å²) >= 11 is 6.23. The second-order valence-electron chi connectivity index (χ2n) is 7.37. The standard InChI is InChI=1S/C24H22ClN5O/c25-24-28-21-9-4-8-20(17-5-3-7-19(15-17)30-11-13-31-14-12-30)22(21)23(29-24)27-16-18-6-1-2-10-26-18/h1-10,15H,11-14,16H2,(H,27,28,29). The summed E-state index contributed by atoms with van der Waals surface area (Å²) in [6.45, 7) is 3.85. The number of hydrogen-bond donors (Lipinski definition) is 1. The van der Waals surface area contributed by atoms with Crippen LogP contribution < -0.4 is 10.2 Å². The molecule has 5 rings (SSSR count). The molecular formula is C24H22ClN5O. The van der Waals surface area contributed by atoms with Crippen LogP contribution in [0.25, 0.3) is 22.0 Å². The zero-order chi connectivity index (χ0) is 21.0. The van der Waals surface area contributed by atoms with Crippen LogP contribution >= 0.6 is 11.6 Å². The fraction of sp³-hybridized carbons (Fsp3) is 0.208. The molecule has 2 aromatic heterocycles. The highest BCUT2D eigenvalue weighted by atomic mass is 35.5. The Morgan fingerprint density at radius 1 is 0.968 bits per heavy atom. The molecule has 0 bridgehead atoms. The molecule has 0 unspecified atom stereocenters. The van der Waals surface area contributed by atoms with Crippen LogP contribution in [0.3, 0.4) is 0 Å². The summed E-state index contributed by atoms with van der Waals surface area (Å²) in [5, 5.41) is 4.57. The zero-order valence-corrected chi connectivity index (χ0v) is 17.7. The highest BCUT2D eigenvalue weighted by Crippen LogP contribution is 2.35. The number of aromatic nitrogens is 3. The molecule has 0 saturated carbocycles. The summed E-state index contributed by atoms with van der Waals surface area (Å²) in [4.78, 5) is 15.7. The summed E-state index contributed by atoms with van der Waals surface area (Å²) < 4.78 is 5.50. The minimum atomic E-state index is 0.218. The highest BCUT2D eigenvalue weighted by molar-refractivity contribution is 6.29. The van der Waals surface area contributed by atoms with Crippen LogP contribution in [0.1, 0.15) is 5.69 Å². The van der Waals surface area contributed by atoms with Crippen LogP contribution in [0.15, 0.2) is 66.9 Å². The number of morpholine rings is 1. The minimum Gasteiger partial charge on any atom is -0.378 e. The smallest absolute Gasteiger partial charge is 0.224 e. The average molecular weight is 432 g/mol. The van der Waals surface area contributed by atoms with Crippen LogP contribution in [0.2, 0.25) is 5.28 Å². The van der Waals surface area contributed by atoms with Gasteiger partial charge in [-0.15, -0.1) is 0 Å². The van der Waals surface area contributed by atoms with Gasteiger partial charge in [-0.2, -0.15) is 0 Å². The number of nitrogens with zero attached hydrogens (tertiary/aromatic N) is 4. The first kappa shape index (κ1) is 19.7. The molecule has 1 saturated heterocycles. The fourth-order valence-electron chi connectivity index (χ4n) is 3.89. The van der Waals surface area contributed by atoms with E-state index in [-0.39, 0.29) is 5.28 Å². The van der Waals surface area contributed by atoms with E-state index in [1.807, 2.05) is 30.3 Å². The number of nitrogens with one attached hydrogen (secondary N) is 1. The van der Waals surface area contributed by atoms with Crippen molar-refractivity contribution in [1.82, 2.24) is 15.0 Å². The number of hydrogen-bond acceptors (Lipinski definition) is 6. The average Bonchev–Trinajstić information content (AvgIpc) is 2.83. The molecule has 0 atom stereocenters. The van der Waals surface area contributed by atoms with Gasteiger partial charge < -0.3 is 15.0 Å². The maximum atomic E-state index is 6.23. The predicted molar refractivity (Wildman–Crippen MR) is 125 cm³/mol. The van der Waals surface area contributed by atoms with Crippen molar-refractivity contribution in [2.24, 2.45) is 0 Å². The van der Waals surface area contributed by atoms with E-state index < -0.39 is 0 Å². The Bertz CT molecular complexity index is 1200. The van der Waals surface area contributed by atoms with Crippen molar-refractivity contribution in [2.45, 2.75) is 6.54 Å². The molecule has 3 heterocycles. The van der Waals surface area contributed by atoms with E-state index in [1.54, 1.807) is 6.20 Å². The largest absolute Gasteiger partial charge is 0.378 e. The Morgan fingerprint density at radius 2 is 1.84 bits per heavy atom. The van der Waals surface area contributed by atoms with Gasteiger partial charge in [0, 0.05) is 25.0 Å². The molecule has 1 aliphatic heterocycles. The monoisotopic (exact) mass is 431 g/mol. The molecule has 156 valence electrons. The van der Waals surface area contributed by atoms with Crippen molar-refractivity contribution >= 4 is 34.0 Å². The van der Waals surface area contributed by atoms with Crippen molar-refractivity contribution in [2.75, 3.05) is 36.5 Å². The summed E-state index contributed by atoms with van der Waals surface area (Å²) in [6, 6.07) is 20.5. The molecule has 7 heteroatoms. The zero-order valence-electron chi connectivity index (χ0n) is 17.0. The maximum Gasteiger partial charge on any atom is 0.224 e. The number of halogens is 1. The van der Waals surface area contributed by atoms with Crippen molar-refractivity contribution in [3.63, 3.8) is 0 Å². The Morgan fingerprint density at radius 3 is 2.68 bits per heavy atom. The van der Waals surface area contributed by atoms with E-state index >= 15 is 0 Å². The van der Waals surface area contributed by atoms with E-state index in [4.69, 9.17) is 16.3 Å². The second kappa shape index (κ2) is 8.88. The second-order valence-corrected chi connectivity index (χ2v) is 7.70. The topological polar surface area (TPSA) is 63.2 Å². The van der Waals surface area contributed by atoms with Gasteiger partial charge in [-0.05, 0) is 53.1 Å². The fourth-order valence-corrected chi connectivity index (χ4v) is 4.07. The van der Waals surface area contributed by atoms with Crippen LogP contribution in [0.4, 0.5) is 11.5 Å². The molecule has 0 spiro atoms. The first-order chi connectivity index (χ1) is 15.3. The van der Waals surface area contributed by atoms with Gasteiger partial charge in [0.15, 0.2) is 0 Å². The Balaban J connectivity index is 1.56. The maximum absolute atomic E-state index is 6.23. The molecule has 6 nitrogen and oxygen atoms in total. The molecule has 1 fully saturated rings. The lowest BCUT2D eigenvalue weighted by Crippen LogP contribution is -2.36. The van der Waals surface area contributed by atoms with E-state index in [0.29, 0.717) is 12.4 Å². The van der Waals surface area contributed by atoms with Crippen LogP contribution in [-0.4, -0.2) is 41.3 Å². The normalized spacial score (nSPS) is 14.0. The summed E-state index contributed by atoms with van der Waals surface area (Å²) in [5.74, 6) is 0.702. The Hall–Kier alpha value is -3.22. The quantitative estimate of drug-likeness (QED) is 0.458. The van der Waals surface area contributed by atoms with E-state index in [2.05, 4.69) is 55.5 Å². The summed E-state index contributed by atoms with van der Waals surface area (Å²) in [7, 11) is 0. The van der Waals surface area contributed by atoms with Crippen LogP contribution in [0.5, 0.6) is 0 Å². The van der Waals surface area contributed by atoms with Gasteiger partial charge in [0.1, 0.15) is 5.82 Å². The molecule has 0 aliphatic carbocycles. The molecular weight excluding hydrogens is 410 g/mol. The van der Waals surface area contributed by atoms with Crippen molar-refractivity contribution in [3.05, 3.63) is 77.8 Å². The van der Waals surface area contributed by atoms with E-state index in [1.165, 1.54) is 5.69 Å². The van der Waals surface area contributed by atoms with Gasteiger partial charge in [0.25, 0.3) is 0 Å². The highest BCUT2D eigenvalue weighted by Gasteiger charge is 2.15. The molecule has 2 aromatic carbocycles. The molecule has 0 amide bonds. The van der Waals surface area contributed by atoms with Gasteiger partial charge in [-0.3, -0.25) is 4.98 Å². The lowest BCUT2D eigenvalue weighted by molar-refractivity contribution is 0.122. The van der Waals surface area contributed by atoms with Crippen LogP contribution in [-0.2, 0) is 11.3 Å². The van der Waals surface area contributed by atoms with Crippen molar-refractivity contribution in [3.8, 4) is 11.1 Å². The summed E-state index contributed by atoms with van der Waals surface area (Å²) in [6.07, 6.45) is 1.78. The SMILES string of the molecule is Clc1nc(NCc2ccccn2)c2c(-c3cccc(N4CCOCC4)c3)cccc2n1. The van der Waals surface area contributed by atoms with E-state index in [9.17, 15) is 0 Å². The Kier molecular flexibility index (Phi) is 5.65. The van der Waals surface area contributed by atoms with Crippen molar-refractivity contribution < 1.29 is 4.74 Å². The number of pyridine rings is 1. The Labute approximate surface area is 185 Å². The first-order valence-electron chi connectivity index (χ1n) is 10.3. The third-order valence-electron chi connectivity index (χ3n) is 5.39. The number of benzene rings is 2. The van der Waals surface area contributed by atoms with Gasteiger partial charge in [0.05, 0.1) is 36.4 Å². The number of ether oxygens (including phenoxy) is 1. The first-order valence-corrected chi connectivity index (χ1v) is 10.7. The third-order valence-corrected chi connectivity index (χ3v) is 5.56. The molecule has 4 aromatic rings. The molecule has 0 radical (unpaired) electrons. The molecule has 31 heavy (non-hydrogen) atoms. The van der Waals surface area contributed by atoms with E-state index in [0.717, 1.165) is 54.0 Å². The number of fused-ring (bicyclic) bond motifs is 1. The summed E-state index contributed by atoms with van der Waals surface area (Å²) in [5.41, 5.74) is 5.10. The predicted octanol–water partition coefficient (Wildman–Crippen LogP) is 4.79. The van der Waals surface area contributed by atoms with Gasteiger partial charge in [-0.1, -0.05) is 30.3 Å². The van der Waals surface area contributed by atoms with Gasteiger partial charge in [-0.25, -0.2) is 9.97 Å². The minimum absolute atomic E-state index is 0.218. The van der Waals surface area contributed by atoms with Gasteiger partial charge >= 0.3 is 0 Å². The van der Waals surface area contributed by atoms with Crippen LogP contribution in [0, 0.1) is 0 Å². The number of anilines is 2. The molecule has 1 N–H and O–H groups in total. The van der Waals surface area contributed by atoms with Crippen molar-refractivity contribution in [1.29, 1.82) is 0 Å². The lowest BCUT2D eigenvalue weighted by atomic mass is 10.00. The lowest BCUT2D eigenvalue weighted by Gasteiger charge is -2.29. The number of rotatable bonds is 5. The third kappa shape index (κ3) is 4.31. The van der Waals surface area contributed by atoms with Gasteiger partial charge in [0.2, 0.25) is 5.28 Å². The molecule has 1 aliphatic rings.